The molecule has 1 unspecified atom stereocenters. The van der Waals surface area contributed by atoms with Crippen molar-refractivity contribution >= 4 is 30.5 Å². The zero-order valence-electron chi connectivity index (χ0n) is 9.96. The van der Waals surface area contributed by atoms with Crippen LogP contribution in [0.25, 0.3) is 0 Å². The van der Waals surface area contributed by atoms with E-state index in [9.17, 15) is 9.59 Å². The van der Waals surface area contributed by atoms with Crippen molar-refractivity contribution in [2.24, 2.45) is 5.92 Å². The Bertz CT molecular complexity index is 460. The lowest BCUT2D eigenvalue weighted by Crippen LogP contribution is -2.25. The zero-order chi connectivity index (χ0) is 13.1. The van der Waals surface area contributed by atoms with Crippen LogP contribution in [0.5, 0.6) is 0 Å². The van der Waals surface area contributed by atoms with Crippen LogP contribution in [-0.2, 0) is 9.53 Å². The topological polar surface area (TPSA) is 72.6 Å². The van der Waals surface area contributed by atoms with Crippen molar-refractivity contribution in [1.82, 2.24) is 4.98 Å². The maximum Gasteiger partial charge on any atom is 0.360 e. The van der Waals surface area contributed by atoms with Gasteiger partial charge in [0.15, 0.2) is 5.69 Å². The van der Waals surface area contributed by atoms with Crippen LogP contribution < -0.4 is 4.90 Å². The number of aromatic nitrogens is 1. The molecule has 1 amide bonds. The third-order valence-corrected chi connectivity index (χ3v) is 3.19. The highest BCUT2D eigenvalue weighted by Gasteiger charge is 2.33. The fourth-order valence-electron chi connectivity index (χ4n) is 1.78. The first-order valence-corrected chi connectivity index (χ1v) is 6.32. The van der Waals surface area contributed by atoms with E-state index < -0.39 is 5.97 Å². The molecule has 98 valence electrons. The highest BCUT2D eigenvalue weighted by atomic mass is 32.1. The Kier molecular flexibility index (Phi) is 3.90. The summed E-state index contributed by atoms with van der Waals surface area (Å²) in [5, 5.41) is 0. The number of carbonyl (C=O) groups is 2. The van der Waals surface area contributed by atoms with Gasteiger partial charge in [-0.15, -0.1) is 0 Å². The molecule has 1 atom stereocenters. The van der Waals surface area contributed by atoms with E-state index in [0.717, 1.165) is 0 Å². The average molecular weight is 270 g/mol. The molecule has 7 heteroatoms. The van der Waals surface area contributed by atoms with Crippen LogP contribution in [-0.4, -0.2) is 35.8 Å². The Morgan fingerprint density at radius 2 is 2.50 bits per heavy atom. The molecule has 0 saturated carbocycles. The lowest BCUT2D eigenvalue weighted by Gasteiger charge is -2.10. The van der Waals surface area contributed by atoms with Gasteiger partial charge in [0, 0.05) is 13.0 Å². The van der Waals surface area contributed by atoms with Gasteiger partial charge in [-0.1, -0.05) is 0 Å². The van der Waals surface area contributed by atoms with E-state index in [4.69, 9.17) is 9.15 Å². The molecular formula is C11H14N2O4S. The molecule has 0 bridgehead atoms. The number of hydrogen-bond acceptors (Lipinski definition) is 6. The van der Waals surface area contributed by atoms with Gasteiger partial charge in [0.2, 0.25) is 5.91 Å². The van der Waals surface area contributed by atoms with Gasteiger partial charge >= 0.3 is 12.0 Å². The predicted octanol–water partition coefficient (Wildman–Crippen LogP) is 1.13. The number of anilines is 1. The van der Waals surface area contributed by atoms with Gasteiger partial charge in [-0.05, 0) is 18.6 Å². The van der Waals surface area contributed by atoms with Crippen molar-refractivity contribution in [1.29, 1.82) is 0 Å². The minimum absolute atomic E-state index is 0.0636. The minimum Gasteiger partial charge on any atom is -0.461 e. The van der Waals surface area contributed by atoms with Gasteiger partial charge in [0.05, 0.1) is 6.61 Å². The maximum absolute atomic E-state index is 11.7. The largest absolute Gasteiger partial charge is 0.461 e. The standard InChI is InChI=1S/C11H14N2O4S/c1-2-16-10(15)8-5-17-11(12-8)13-4-7(6-18)3-9(13)14/h5,7,18H,2-4,6H2,1H3. The van der Waals surface area contributed by atoms with Gasteiger partial charge in [0.1, 0.15) is 6.26 Å². The molecule has 6 nitrogen and oxygen atoms in total. The third-order valence-electron chi connectivity index (χ3n) is 2.67. The first kappa shape index (κ1) is 12.9. The first-order valence-electron chi connectivity index (χ1n) is 5.69. The molecular weight excluding hydrogens is 256 g/mol. The summed E-state index contributed by atoms with van der Waals surface area (Å²) in [7, 11) is 0. The molecule has 0 spiro atoms. The molecule has 1 aliphatic rings. The number of hydrogen-bond donors (Lipinski definition) is 1. The summed E-state index contributed by atoms with van der Waals surface area (Å²) in [4.78, 5) is 28.5. The van der Waals surface area contributed by atoms with Gasteiger partial charge in [-0.25, -0.2) is 4.79 Å². The molecule has 0 N–H and O–H groups in total. The number of carbonyl (C=O) groups excluding carboxylic acids is 2. The molecule has 0 aromatic carbocycles. The van der Waals surface area contributed by atoms with Crippen LogP contribution >= 0.6 is 12.6 Å². The molecule has 1 fully saturated rings. The third kappa shape index (κ3) is 2.50. The fraction of sp³-hybridized carbons (Fsp3) is 0.545. The van der Waals surface area contributed by atoms with Crippen molar-refractivity contribution < 1.29 is 18.7 Å². The highest BCUT2D eigenvalue weighted by Crippen LogP contribution is 2.25. The van der Waals surface area contributed by atoms with E-state index in [-0.39, 0.29) is 30.1 Å². The molecule has 1 aromatic heterocycles. The lowest BCUT2D eigenvalue weighted by molar-refractivity contribution is -0.117. The van der Waals surface area contributed by atoms with Crippen LogP contribution in [0.15, 0.2) is 10.7 Å². The quantitative estimate of drug-likeness (QED) is 0.656. The zero-order valence-corrected chi connectivity index (χ0v) is 10.9. The molecule has 1 saturated heterocycles. The summed E-state index contributed by atoms with van der Waals surface area (Å²) in [5.41, 5.74) is 0.0778. The second-order valence-corrected chi connectivity index (χ2v) is 4.36. The first-order chi connectivity index (χ1) is 8.65. The van der Waals surface area contributed by atoms with Gasteiger partial charge in [0.25, 0.3) is 0 Å². The number of esters is 1. The Morgan fingerprint density at radius 1 is 1.72 bits per heavy atom. The summed E-state index contributed by atoms with van der Waals surface area (Å²) >= 11 is 4.17. The average Bonchev–Trinajstić information content (AvgIpc) is 2.95. The SMILES string of the molecule is CCOC(=O)c1coc(N2CC(CS)CC2=O)n1. The van der Waals surface area contributed by atoms with Crippen molar-refractivity contribution in [3.8, 4) is 0 Å². The minimum atomic E-state index is -0.551. The van der Waals surface area contributed by atoms with Gasteiger partial charge in [-0.3, -0.25) is 9.69 Å². The maximum atomic E-state index is 11.7. The van der Waals surface area contributed by atoms with E-state index in [2.05, 4.69) is 17.6 Å². The summed E-state index contributed by atoms with van der Waals surface area (Å²) in [5.74, 6) is 0.211. The molecule has 2 rings (SSSR count). The van der Waals surface area contributed by atoms with E-state index in [1.807, 2.05) is 0 Å². The number of oxazole rings is 1. The number of rotatable bonds is 4. The monoisotopic (exact) mass is 270 g/mol. The second kappa shape index (κ2) is 5.43. The van der Waals surface area contributed by atoms with Crippen LogP contribution in [0.3, 0.4) is 0 Å². The Hall–Kier alpha value is -1.50. The summed E-state index contributed by atoms with van der Waals surface area (Å²) in [6.07, 6.45) is 1.63. The normalized spacial score (nSPS) is 19.3. The molecule has 0 radical (unpaired) electrons. The fourth-order valence-corrected chi connectivity index (χ4v) is 2.02. The second-order valence-electron chi connectivity index (χ2n) is 3.99. The van der Waals surface area contributed by atoms with E-state index >= 15 is 0 Å². The molecule has 2 heterocycles. The van der Waals surface area contributed by atoms with Crippen LogP contribution in [0.2, 0.25) is 0 Å². The number of amides is 1. The Balaban J connectivity index is 2.11. The van der Waals surface area contributed by atoms with Crippen molar-refractivity contribution in [3.05, 3.63) is 12.0 Å². The van der Waals surface area contributed by atoms with E-state index in [1.54, 1.807) is 6.92 Å². The molecule has 1 aliphatic heterocycles. The lowest BCUT2D eigenvalue weighted by atomic mass is 10.1. The smallest absolute Gasteiger partial charge is 0.360 e. The van der Waals surface area contributed by atoms with Gasteiger partial charge in [-0.2, -0.15) is 17.6 Å². The summed E-state index contributed by atoms with van der Waals surface area (Å²) < 4.78 is 9.94. The van der Waals surface area contributed by atoms with Crippen LogP contribution in [0, 0.1) is 5.92 Å². The van der Waals surface area contributed by atoms with E-state index in [0.29, 0.717) is 18.7 Å². The number of ether oxygens (including phenoxy) is 1. The molecule has 1 aromatic rings. The summed E-state index contributed by atoms with van der Waals surface area (Å²) in [6, 6.07) is 0.146. The molecule has 0 aliphatic carbocycles. The van der Waals surface area contributed by atoms with Gasteiger partial charge < -0.3 is 9.15 Å². The number of nitrogens with zero attached hydrogens (tertiary/aromatic N) is 2. The Labute approximate surface area is 110 Å². The van der Waals surface area contributed by atoms with Crippen molar-refractivity contribution in [3.63, 3.8) is 0 Å². The highest BCUT2D eigenvalue weighted by molar-refractivity contribution is 7.80. The Morgan fingerprint density at radius 3 is 3.11 bits per heavy atom. The van der Waals surface area contributed by atoms with Crippen LogP contribution in [0.4, 0.5) is 6.01 Å². The molecule has 18 heavy (non-hydrogen) atoms. The predicted molar refractivity (Wildman–Crippen MR) is 66.8 cm³/mol. The van der Waals surface area contributed by atoms with Crippen LogP contribution in [0.1, 0.15) is 23.8 Å². The number of thiol groups is 1. The van der Waals surface area contributed by atoms with Crippen molar-refractivity contribution in [2.45, 2.75) is 13.3 Å². The summed E-state index contributed by atoms with van der Waals surface area (Å²) in [6.45, 7) is 2.50. The van der Waals surface area contributed by atoms with Crippen molar-refractivity contribution in [2.75, 3.05) is 23.8 Å². The van der Waals surface area contributed by atoms with E-state index in [1.165, 1.54) is 11.2 Å².